The molecule has 0 saturated carbocycles. The fourth-order valence-corrected chi connectivity index (χ4v) is 4.81. The van der Waals surface area contributed by atoms with Crippen LogP contribution in [0.1, 0.15) is 36.3 Å². The van der Waals surface area contributed by atoms with E-state index in [1.165, 1.54) is 0 Å². The van der Waals surface area contributed by atoms with Gasteiger partial charge in [-0.05, 0) is 25.8 Å². The first-order valence-electron chi connectivity index (χ1n) is 9.90. The molecule has 0 radical (unpaired) electrons. The molecule has 1 fully saturated rings. The first kappa shape index (κ1) is 17.2. The molecule has 0 unspecified atom stereocenters. The number of carbonyl (C=O) groups is 1. The van der Waals surface area contributed by atoms with E-state index in [0.29, 0.717) is 31.6 Å². The van der Waals surface area contributed by atoms with Gasteiger partial charge in [-0.15, -0.1) is 0 Å². The zero-order valence-electron chi connectivity index (χ0n) is 15.9. The smallest absolute Gasteiger partial charge is 0.254 e. The van der Waals surface area contributed by atoms with Crippen molar-refractivity contribution in [2.75, 3.05) is 0 Å². The first-order valence-corrected chi connectivity index (χ1v) is 9.90. The number of benzene rings is 1. The Kier molecular flexibility index (Phi) is 4.03. The van der Waals surface area contributed by atoms with Crippen molar-refractivity contribution in [1.82, 2.24) is 24.6 Å². The van der Waals surface area contributed by atoms with Crippen molar-refractivity contribution in [3.63, 3.8) is 0 Å². The van der Waals surface area contributed by atoms with Gasteiger partial charge in [0.1, 0.15) is 5.82 Å². The van der Waals surface area contributed by atoms with Crippen molar-refractivity contribution in [2.24, 2.45) is 0 Å². The Morgan fingerprint density at radius 2 is 2.00 bits per heavy atom. The van der Waals surface area contributed by atoms with Gasteiger partial charge < -0.3 is 9.88 Å². The van der Waals surface area contributed by atoms with Crippen LogP contribution in [0.5, 0.6) is 0 Å². The lowest BCUT2D eigenvalue weighted by atomic mass is 9.98. The molecule has 1 N–H and O–H groups in total. The molecule has 2 atom stereocenters. The quantitative estimate of drug-likeness (QED) is 0.756. The molecule has 7 nitrogen and oxygen atoms in total. The van der Waals surface area contributed by atoms with Gasteiger partial charge in [-0.1, -0.05) is 18.2 Å². The minimum absolute atomic E-state index is 0.0505. The van der Waals surface area contributed by atoms with Gasteiger partial charge in [0.05, 0.1) is 24.0 Å². The second kappa shape index (κ2) is 6.58. The van der Waals surface area contributed by atoms with Crippen LogP contribution >= 0.6 is 0 Å². The summed E-state index contributed by atoms with van der Waals surface area (Å²) in [7, 11) is 0. The van der Waals surface area contributed by atoms with Crippen molar-refractivity contribution < 1.29 is 4.79 Å². The number of hydrogen-bond acceptors (Lipinski definition) is 4. The largest absolute Gasteiger partial charge is 0.336 e. The molecular weight excluding hydrogens is 354 g/mol. The van der Waals surface area contributed by atoms with Crippen LogP contribution in [-0.2, 0) is 24.2 Å². The normalized spacial score (nSPS) is 21.0. The number of nitrogens with one attached hydrogen (secondary N) is 1. The molecule has 2 aromatic heterocycles. The maximum atomic E-state index is 13.1. The maximum absolute atomic E-state index is 13.1. The van der Waals surface area contributed by atoms with Gasteiger partial charge in [-0.25, -0.2) is 4.98 Å². The van der Waals surface area contributed by atoms with Crippen LogP contribution in [0.2, 0.25) is 0 Å². The number of aromatic amines is 1. The molecule has 2 aliphatic rings. The summed E-state index contributed by atoms with van der Waals surface area (Å²) >= 11 is 0. The van der Waals surface area contributed by atoms with E-state index in [1.54, 1.807) is 0 Å². The molecule has 0 spiro atoms. The monoisotopic (exact) mass is 377 g/mol. The summed E-state index contributed by atoms with van der Waals surface area (Å²) in [5.74, 6) is 0.790. The summed E-state index contributed by atoms with van der Waals surface area (Å²) in [6, 6.07) is 8.27. The van der Waals surface area contributed by atoms with Gasteiger partial charge in [-0.3, -0.25) is 14.3 Å². The lowest BCUT2D eigenvalue weighted by Gasteiger charge is -2.28. The molecular formula is C21H23N5O2. The highest BCUT2D eigenvalue weighted by Gasteiger charge is 2.40. The zero-order chi connectivity index (χ0) is 19.3. The SMILES string of the molecule is Cc1nc2c(c(=O)[nH]1)C[C@@H]1CC[C@H](C2)N1C(=O)CCn1ncc2ccccc21. The van der Waals surface area contributed by atoms with E-state index in [1.807, 2.05) is 47.0 Å². The first-order chi connectivity index (χ1) is 13.6. The second-order valence-electron chi connectivity index (χ2n) is 7.85. The maximum Gasteiger partial charge on any atom is 0.254 e. The summed E-state index contributed by atoms with van der Waals surface area (Å²) < 4.78 is 1.90. The van der Waals surface area contributed by atoms with Crippen LogP contribution in [0.15, 0.2) is 35.3 Å². The van der Waals surface area contributed by atoms with Crippen LogP contribution in [0.4, 0.5) is 0 Å². The Morgan fingerprint density at radius 3 is 2.86 bits per heavy atom. The Balaban J connectivity index is 1.36. The topological polar surface area (TPSA) is 83.9 Å². The van der Waals surface area contributed by atoms with Gasteiger partial charge in [0.25, 0.3) is 5.56 Å². The summed E-state index contributed by atoms with van der Waals surface area (Å²) in [5.41, 5.74) is 2.62. The predicted octanol–water partition coefficient (Wildman–Crippen LogP) is 1.98. The molecule has 1 saturated heterocycles. The zero-order valence-corrected chi connectivity index (χ0v) is 15.9. The van der Waals surface area contributed by atoms with Crippen LogP contribution in [-0.4, -0.2) is 42.6 Å². The Morgan fingerprint density at radius 1 is 1.21 bits per heavy atom. The molecule has 1 amide bonds. The molecule has 144 valence electrons. The number of H-pyrrole nitrogens is 1. The van der Waals surface area contributed by atoms with E-state index in [0.717, 1.165) is 35.0 Å². The van der Waals surface area contributed by atoms with Gasteiger partial charge in [0.15, 0.2) is 0 Å². The van der Waals surface area contributed by atoms with Crippen LogP contribution in [0.25, 0.3) is 10.9 Å². The molecule has 28 heavy (non-hydrogen) atoms. The molecule has 1 aromatic carbocycles. The number of hydrogen-bond donors (Lipinski definition) is 1. The Hall–Kier alpha value is -2.96. The third kappa shape index (κ3) is 2.82. The van der Waals surface area contributed by atoms with Crippen LogP contribution in [0.3, 0.4) is 0 Å². The highest BCUT2D eigenvalue weighted by atomic mass is 16.2. The molecule has 2 aliphatic heterocycles. The molecule has 0 aliphatic carbocycles. The van der Waals surface area contributed by atoms with E-state index < -0.39 is 0 Å². The van der Waals surface area contributed by atoms with Crippen LogP contribution in [0, 0.1) is 6.92 Å². The van der Waals surface area contributed by atoms with Crippen molar-refractivity contribution >= 4 is 16.8 Å². The van der Waals surface area contributed by atoms with E-state index in [4.69, 9.17) is 0 Å². The van der Waals surface area contributed by atoms with Gasteiger partial charge in [0, 0.05) is 42.3 Å². The third-order valence-corrected chi connectivity index (χ3v) is 6.08. The minimum Gasteiger partial charge on any atom is -0.336 e. The van der Waals surface area contributed by atoms with Gasteiger partial charge in [0.2, 0.25) is 5.91 Å². The van der Waals surface area contributed by atoms with Gasteiger partial charge >= 0.3 is 0 Å². The molecule has 3 aromatic rings. The van der Waals surface area contributed by atoms with E-state index in [2.05, 4.69) is 15.1 Å². The number of carbonyl (C=O) groups excluding carboxylic acids is 1. The highest BCUT2D eigenvalue weighted by molar-refractivity contribution is 5.79. The number of rotatable bonds is 3. The Bertz CT molecular complexity index is 1120. The number of fused-ring (bicyclic) bond motifs is 4. The molecule has 5 rings (SSSR count). The third-order valence-electron chi connectivity index (χ3n) is 6.08. The minimum atomic E-state index is -0.0505. The predicted molar refractivity (Wildman–Crippen MR) is 105 cm³/mol. The standard InChI is InChI=1S/C21H23N5O2/c1-13-23-18-11-16-7-6-15(10-17(18)21(28)24-13)26(16)20(27)8-9-25-19-5-3-2-4-14(19)12-22-25/h2-5,12,15-16H,6-11H2,1H3,(H,23,24,28)/t15-,16+/m0/s1. The number of aromatic nitrogens is 4. The number of para-hydroxylation sites is 1. The summed E-state index contributed by atoms with van der Waals surface area (Å²) in [6.07, 6.45) is 5.46. The molecule has 7 heteroatoms. The van der Waals surface area contributed by atoms with E-state index >= 15 is 0 Å². The summed E-state index contributed by atoms with van der Waals surface area (Å²) in [6.45, 7) is 2.37. The van der Waals surface area contributed by atoms with Crippen molar-refractivity contribution in [3.05, 3.63) is 57.9 Å². The van der Waals surface area contributed by atoms with E-state index in [9.17, 15) is 9.59 Å². The Labute approximate surface area is 162 Å². The number of aryl methyl sites for hydroxylation is 2. The fourth-order valence-electron chi connectivity index (χ4n) is 4.81. The summed E-state index contributed by atoms with van der Waals surface area (Å²) in [5, 5.41) is 5.51. The van der Waals surface area contributed by atoms with Crippen LogP contribution < -0.4 is 5.56 Å². The average molecular weight is 377 g/mol. The summed E-state index contributed by atoms with van der Waals surface area (Å²) in [4.78, 5) is 34.9. The molecule has 4 heterocycles. The second-order valence-corrected chi connectivity index (χ2v) is 7.85. The van der Waals surface area contributed by atoms with Crippen molar-refractivity contribution in [2.45, 2.75) is 57.7 Å². The lowest BCUT2D eigenvalue weighted by molar-refractivity contribution is -0.134. The van der Waals surface area contributed by atoms with E-state index in [-0.39, 0.29) is 23.6 Å². The highest BCUT2D eigenvalue weighted by Crippen LogP contribution is 2.33. The average Bonchev–Trinajstić information content (AvgIpc) is 3.21. The fraction of sp³-hybridized carbons (Fsp3) is 0.429. The van der Waals surface area contributed by atoms with Crippen molar-refractivity contribution in [1.29, 1.82) is 0 Å². The van der Waals surface area contributed by atoms with Gasteiger partial charge in [-0.2, -0.15) is 5.10 Å². The lowest BCUT2D eigenvalue weighted by Crippen LogP contribution is -2.42. The van der Waals surface area contributed by atoms with Crippen molar-refractivity contribution in [3.8, 4) is 0 Å². The number of amides is 1. The number of nitrogens with zero attached hydrogens (tertiary/aromatic N) is 4. The molecule has 2 bridgehead atoms.